The first-order chi connectivity index (χ1) is 8.68. The lowest BCUT2D eigenvalue weighted by Gasteiger charge is -2.08. The monoisotopic (exact) mass is 291 g/mol. The minimum atomic E-state index is -4.67. The first kappa shape index (κ1) is 17.3. The lowest BCUT2D eigenvalue weighted by Crippen LogP contribution is -2.25. The average molecular weight is 291 g/mol. The zero-order chi connectivity index (χ0) is 14.9. The van der Waals surface area contributed by atoms with Crippen molar-refractivity contribution in [3.8, 4) is 0 Å². The highest BCUT2D eigenvalue weighted by molar-refractivity contribution is 7.79. The van der Waals surface area contributed by atoms with Gasteiger partial charge in [0.1, 0.15) is 6.23 Å². The molecule has 0 aliphatic heterocycles. The predicted octanol–water partition coefficient (Wildman–Crippen LogP) is 0.170. The Morgan fingerprint density at radius 2 is 1.79 bits per heavy atom. The van der Waals surface area contributed by atoms with Gasteiger partial charge in [-0.1, -0.05) is 30.3 Å². The summed E-state index contributed by atoms with van der Waals surface area (Å²) in [6.07, 6.45) is -0.305. The maximum atomic E-state index is 8.74. The average Bonchev–Trinajstić information content (AvgIpc) is 2.24. The van der Waals surface area contributed by atoms with Gasteiger partial charge in [-0.15, -0.1) is 0 Å². The van der Waals surface area contributed by atoms with Crippen LogP contribution in [-0.2, 0) is 21.7 Å². The van der Waals surface area contributed by atoms with Gasteiger partial charge in [-0.05, 0) is 12.5 Å². The van der Waals surface area contributed by atoms with Gasteiger partial charge < -0.3 is 16.2 Å². The van der Waals surface area contributed by atoms with Crippen molar-refractivity contribution in [2.45, 2.75) is 19.8 Å². The molecule has 108 valence electrons. The number of aliphatic imine (C=N–C) groups is 1. The van der Waals surface area contributed by atoms with Crippen molar-refractivity contribution >= 4 is 16.4 Å². The van der Waals surface area contributed by atoms with Gasteiger partial charge in [-0.25, -0.2) is 4.99 Å². The summed E-state index contributed by atoms with van der Waals surface area (Å²) in [4.78, 5) is 3.84. The molecule has 0 aliphatic carbocycles. The molecule has 1 aromatic rings. The van der Waals surface area contributed by atoms with Gasteiger partial charge in [0.25, 0.3) is 0 Å². The van der Waals surface area contributed by atoms with E-state index in [0.29, 0.717) is 6.61 Å². The molecule has 1 aromatic carbocycles. The summed E-state index contributed by atoms with van der Waals surface area (Å²) in [6, 6.07) is 9.86. The second-order valence-corrected chi connectivity index (χ2v) is 4.29. The second-order valence-electron chi connectivity index (χ2n) is 3.40. The van der Waals surface area contributed by atoms with E-state index >= 15 is 0 Å². The first-order valence-corrected chi connectivity index (χ1v) is 6.52. The molecule has 1 unspecified atom stereocenters. The fourth-order valence-corrected chi connectivity index (χ4v) is 1.04. The molecule has 0 fully saturated rings. The van der Waals surface area contributed by atoms with E-state index in [-0.39, 0.29) is 12.2 Å². The molecular weight excluding hydrogens is 274 g/mol. The standard InChI is InChI=1S/C10H15N3O.H2O4S/c1-8(13-10(11)12)14-7-9-5-3-2-4-6-9;1-5(2,3)4/h2-6,8H,7H2,1H3,(H4,11,12,13);(H2,1,2,3,4). The fraction of sp³-hybridized carbons (Fsp3) is 0.300. The summed E-state index contributed by atoms with van der Waals surface area (Å²) >= 11 is 0. The molecule has 0 aromatic heterocycles. The largest absolute Gasteiger partial charge is 0.394 e. The summed E-state index contributed by atoms with van der Waals surface area (Å²) in [6.45, 7) is 2.31. The Labute approximate surface area is 111 Å². The van der Waals surface area contributed by atoms with E-state index in [0.717, 1.165) is 5.56 Å². The summed E-state index contributed by atoms with van der Waals surface area (Å²) in [5.74, 6) is 0.0468. The summed E-state index contributed by atoms with van der Waals surface area (Å²) in [5.41, 5.74) is 11.5. The zero-order valence-corrected chi connectivity index (χ0v) is 11.1. The first-order valence-electron chi connectivity index (χ1n) is 5.12. The number of ether oxygens (including phenoxy) is 1. The van der Waals surface area contributed by atoms with E-state index < -0.39 is 10.4 Å². The van der Waals surface area contributed by atoms with Gasteiger partial charge in [0, 0.05) is 0 Å². The number of nitrogens with two attached hydrogens (primary N) is 2. The maximum absolute atomic E-state index is 8.74. The number of rotatable bonds is 4. The highest BCUT2D eigenvalue weighted by atomic mass is 32.3. The molecule has 6 N–H and O–H groups in total. The van der Waals surface area contributed by atoms with Crippen molar-refractivity contribution in [1.29, 1.82) is 0 Å². The van der Waals surface area contributed by atoms with E-state index in [1.807, 2.05) is 30.3 Å². The van der Waals surface area contributed by atoms with E-state index in [9.17, 15) is 0 Å². The smallest absolute Gasteiger partial charge is 0.370 e. The molecule has 0 saturated carbocycles. The Bertz CT molecular complexity index is 477. The Morgan fingerprint density at radius 3 is 2.21 bits per heavy atom. The van der Waals surface area contributed by atoms with Crippen LogP contribution in [0.4, 0.5) is 0 Å². The highest BCUT2D eigenvalue weighted by Crippen LogP contribution is 2.03. The zero-order valence-electron chi connectivity index (χ0n) is 10.3. The maximum Gasteiger partial charge on any atom is 0.394 e. The van der Waals surface area contributed by atoms with Crippen molar-refractivity contribution in [2.24, 2.45) is 16.5 Å². The van der Waals surface area contributed by atoms with E-state index in [4.69, 9.17) is 33.7 Å². The van der Waals surface area contributed by atoms with Crippen LogP contribution in [0.15, 0.2) is 35.3 Å². The highest BCUT2D eigenvalue weighted by Gasteiger charge is 1.99. The molecule has 8 nitrogen and oxygen atoms in total. The summed E-state index contributed by atoms with van der Waals surface area (Å²) in [5, 5.41) is 0. The molecule has 0 amide bonds. The molecule has 0 heterocycles. The van der Waals surface area contributed by atoms with E-state index in [1.54, 1.807) is 6.92 Å². The van der Waals surface area contributed by atoms with Crippen molar-refractivity contribution in [3.05, 3.63) is 35.9 Å². The van der Waals surface area contributed by atoms with Crippen LogP contribution in [0.5, 0.6) is 0 Å². The lowest BCUT2D eigenvalue weighted by molar-refractivity contribution is 0.0592. The Kier molecular flexibility index (Phi) is 7.68. The number of hydrogen-bond acceptors (Lipinski definition) is 4. The fourth-order valence-electron chi connectivity index (χ4n) is 1.04. The third kappa shape index (κ3) is 14.3. The molecule has 0 bridgehead atoms. The molecule has 0 saturated heterocycles. The molecule has 9 heteroatoms. The van der Waals surface area contributed by atoms with E-state index in [2.05, 4.69) is 4.99 Å². The van der Waals surface area contributed by atoms with Crippen LogP contribution in [0.1, 0.15) is 12.5 Å². The van der Waals surface area contributed by atoms with Gasteiger partial charge in [0.05, 0.1) is 6.61 Å². The minimum absolute atomic E-state index is 0.0468. The quantitative estimate of drug-likeness (QED) is 0.351. The number of hydrogen-bond donors (Lipinski definition) is 4. The number of nitrogens with zero attached hydrogens (tertiary/aromatic N) is 1. The second kappa shape index (κ2) is 8.43. The van der Waals surface area contributed by atoms with Crippen molar-refractivity contribution in [2.75, 3.05) is 0 Å². The molecule has 1 atom stereocenters. The summed E-state index contributed by atoms with van der Waals surface area (Å²) in [7, 11) is -4.67. The third-order valence-corrected chi connectivity index (χ3v) is 1.66. The molecular formula is C10H17N3O5S. The number of benzene rings is 1. The molecule has 0 radical (unpaired) electrons. The summed E-state index contributed by atoms with van der Waals surface area (Å²) < 4.78 is 37.0. The van der Waals surface area contributed by atoms with Crippen molar-refractivity contribution in [1.82, 2.24) is 0 Å². The van der Waals surface area contributed by atoms with Gasteiger partial charge >= 0.3 is 10.4 Å². The molecule has 0 spiro atoms. The SMILES string of the molecule is CC(N=C(N)N)OCc1ccccc1.O=S(=O)(O)O. The van der Waals surface area contributed by atoms with Crippen molar-refractivity contribution in [3.63, 3.8) is 0 Å². The Hall–Kier alpha value is -1.68. The van der Waals surface area contributed by atoms with Crippen molar-refractivity contribution < 1.29 is 22.3 Å². The van der Waals surface area contributed by atoms with Crippen LogP contribution < -0.4 is 11.5 Å². The Balaban J connectivity index is 0.000000555. The van der Waals surface area contributed by atoms with Crippen LogP contribution in [-0.4, -0.2) is 29.7 Å². The van der Waals surface area contributed by atoms with E-state index in [1.165, 1.54) is 0 Å². The van der Waals surface area contributed by atoms with Crippen LogP contribution in [0.3, 0.4) is 0 Å². The third-order valence-electron chi connectivity index (χ3n) is 1.66. The lowest BCUT2D eigenvalue weighted by atomic mass is 10.2. The topological polar surface area (TPSA) is 148 Å². The van der Waals surface area contributed by atoms with Crippen LogP contribution in [0, 0.1) is 0 Å². The van der Waals surface area contributed by atoms with Crippen LogP contribution in [0.2, 0.25) is 0 Å². The minimum Gasteiger partial charge on any atom is -0.370 e. The van der Waals surface area contributed by atoms with Gasteiger partial charge in [-0.3, -0.25) is 9.11 Å². The van der Waals surface area contributed by atoms with Crippen LogP contribution >= 0.6 is 0 Å². The molecule has 1 rings (SSSR count). The predicted molar refractivity (Wildman–Crippen MR) is 70.7 cm³/mol. The van der Waals surface area contributed by atoms with Crippen LogP contribution in [0.25, 0.3) is 0 Å². The van der Waals surface area contributed by atoms with Gasteiger partial charge in [0.15, 0.2) is 5.96 Å². The van der Waals surface area contributed by atoms with Gasteiger partial charge in [-0.2, -0.15) is 8.42 Å². The number of guanidine groups is 1. The molecule has 0 aliphatic rings. The normalized spacial score (nSPS) is 11.9. The Morgan fingerprint density at radius 1 is 1.32 bits per heavy atom. The molecule has 19 heavy (non-hydrogen) atoms. The van der Waals surface area contributed by atoms with Gasteiger partial charge in [0.2, 0.25) is 0 Å².